The van der Waals surface area contributed by atoms with Gasteiger partial charge in [0.2, 0.25) is 0 Å². The molecule has 1 atom stereocenters. The van der Waals surface area contributed by atoms with E-state index in [1.807, 2.05) is 24.3 Å². The lowest BCUT2D eigenvalue weighted by Crippen LogP contribution is -2.30. The van der Waals surface area contributed by atoms with Gasteiger partial charge in [0.1, 0.15) is 5.82 Å². The molecule has 0 aliphatic carbocycles. The van der Waals surface area contributed by atoms with Gasteiger partial charge in [0.05, 0.1) is 18.2 Å². The predicted molar refractivity (Wildman–Crippen MR) is 137 cm³/mol. The van der Waals surface area contributed by atoms with E-state index in [1.54, 1.807) is 67.7 Å². The van der Waals surface area contributed by atoms with Gasteiger partial charge in [0.25, 0.3) is 11.8 Å². The summed E-state index contributed by atoms with van der Waals surface area (Å²) in [6.45, 7) is 0. The molecule has 0 radical (unpaired) electrons. The maximum Gasteiger partial charge on any atom is 0.305 e. The molecule has 0 bridgehead atoms. The molecular weight excluding hydrogens is 480 g/mol. The van der Waals surface area contributed by atoms with Gasteiger partial charge in [-0.3, -0.25) is 19.3 Å². The second kappa shape index (κ2) is 10.9. The minimum Gasteiger partial charge on any atom is -0.481 e. The fourth-order valence-corrected chi connectivity index (χ4v) is 4.03. The highest BCUT2D eigenvalue weighted by atomic mass is 35.5. The maximum atomic E-state index is 13.3. The molecule has 2 amide bonds. The molecule has 8 nitrogen and oxygen atoms in total. The smallest absolute Gasteiger partial charge is 0.305 e. The number of amides is 2. The van der Waals surface area contributed by atoms with Crippen LogP contribution in [0.25, 0.3) is 5.69 Å². The Kier molecular flexibility index (Phi) is 7.46. The van der Waals surface area contributed by atoms with E-state index in [1.165, 1.54) is 15.6 Å². The van der Waals surface area contributed by atoms with Gasteiger partial charge in [-0.05, 0) is 35.9 Å². The van der Waals surface area contributed by atoms with Crippen LogP contribution in [0, 0.1) is 0 Å². The molecular formula is C27H23ClN4O4. The number of nitrogens with zero attached hydrogens (tertiary/aromatic N) is 3. The summed E-state index contributed by atoms with van der Waals surface area (Å²) in [5.74, 6) is -1.60. The van der Waals surface area contributed by atoms with Crippen molar-refractivity contribution in [2.45, 2.75) is 12.5 Å². The molecule has 0 saturated carbocycles. The predicted octanol–water partition coefficient (Wildman–Crippen LogP) is 4.75. The molecule has 1 aromatic heterocycles. The lowest BCUT2D eigenvalue weighted by atomic mass is 10.0. The third kappa shape index (κ3) is 5.45. The first kappa shape index (κ1) is 24.7. The van der Waals surface area contributed by atoms with Gasteiger partial charge in [-0.25, -0.2) is 4.68 Å². The van der Waals surface area contributed by atoms with Crippen LogP contribution >= 0.6 is 11.6 Å². The van der Waals surface area contributed by atoms with Crippen molar-refractivity contribution in [2.24, 2.45) is 0 Å². The molecule has 0 aliphatic heterocycles. The number of benzene rings is 3. The van der Waals surface area contributed by atoms with E-state index in [0.29, 0.717) is 27.7 Å². The quantitative estimate of drug-likeness (QED) is 0.362. The second-order valence-corrected chi connectivity index (χ2v) is 8.42. The molecule has 182 valence electrons. The summed E-state index contributed by atoms with van der Waals surface area (Å²) < 4.78 is 1.50. The summed E-state index contributed by atoms with van der Waals surface area (Å²) in [7, 11) is 1.60. The first-order chi connectivity index (χ1) is 17.3. The molecule has 36 heavy (non-hydrogen) atoms. The zero-order valence-corrected chi connectivity index (χ0v) is 20.1. The third-order valence-electron chi connectivity index (χ3n) is 5.56. The van der Waals surface area contributed by atoms with Crippen molar-refractivity contribution in [1.29, 1.82) is 0 Å². The number of carbonyl (C=O) groups excluding carboxylic acids is 2. The molecule has 4 rings (SSSR count). The SMILES string of the molecule is CN(C(=O)c1ccccc1)c1cc(C(=O)N[C@@H](CC(=O)O)c2ccccc2Cl)nn1-c1ccccc1. The van der Waals surface area contributed by atoms with Crippen molar-refractivity contribution in [2.75, 3.05) is 11.9 Å². The van der Waals surface area contributed by atoms with E-state index >= 15 is 0 Å². The van der Waals surface area contributed by atoms with Crippen LogP contribution in [0.1, 0.15) is 38.9 Å². The van der Waals surface area contributed by atoms with E-state index in [9.17, 15) is 19.5 Å². The minimum absolute atomic E-state index is 0.0176. The van der Waals surface area contributed by atoms with E-state index < -0.39 is 17.9 Å². The fraction of sp³-hybridized carbons (Fsp3) is 0.111. The molecule has 0 spiro atoms. The first-order valence-corrected chi connectivity index (χ1v) is 11.5. The molecule has 0 fully saturated rings. The van der Waals surface area contributed by atoms with Crippen LogP contribution in [0.4, 0.5) is 5.82 Å². The molecule has 4 aromatic rings. The average molecular weight is 503 g/mol. The molecule has 3 aromatic carbocycles. The third-order valence-corrected chi connectivity index (χ3v) is 5.90. The van der Waals surface area contributed by atoms with Crippen LogP contribution < -0.4 is 10.2 Å². The van der Waals surface area contributed by atoms with Crippen molar-refractivity contribution in [3.05, 3.63) is 113 Å². The molecule has 0 aliphatic rings. The Morgan fingerprint density at radius 3 is 2.22 bits per heavy atom. The Morgan fingerprint density at radius 2 is 1.58 bits per heavy atom. The Hall–Kier alpha value is -4.43. The van der Waals surface area contributed by atoms with Crippen molar-refractivity contribution < 1.29 is 19.5 Å². The summed E-state index contributed by atoms with van der Waals surface area (Å²) in [5, 5.41) is 16.9. The van der Waals surface area contributed by atoms with Crippen LogP contribution in [-0.4, -0.2) is 39.7 Å². The Balaban J connectivity index is 1.70. The number of halogens is 1. The fourth-order valence-electron chi connectivity index (χ4n) is 3.76. The minimum atomic E-state index is -1.09. The van der Waals surface area contributed by atoms with Crippen LogP contribution in [0.2, 0.25) is 5.02 Å². The number of carboxylic acid groups (broad SMARTS) is 1. The lowest BCUT2D eigenvalue weighted by Gasteiger charge is -2.18. The molecule has 0 unspecified atom stereocenters. The number of carbonyl (C=O) groups is 3. The highest BCUT2D eigenvalue weighted by Crippen LogP contribution is 2.27. The standard InChI is InChI=1S/C27H23ClN4O4/c1-31(27(36)18-10-4-2-5-11-18)24-16-23(30-32(24)19-12-6-3-7-13-19)26(35)29-22(17-25(33)34)20-14-8-9-15-21(20)28/h2-16,22H,17H2,1H3,(H,29,35)(H,33,34)/t22-/m0/s1. The van der Waals surface area contributed by atoms with Gasteiger partial charge in [0.15, 0.2) is 5.69 Å². The molecule has 9 heteroatoms. The van der Waals surface area contributed by atoms with Crippen LogP contribution in [0.15, 0.2) is 91.0 Å². The summed E-state index contributed by atoms with van der Waals surface area (Å²) >= 11 is 6.27. The van der Waals surface area contributed by atoms with Gasteiger partial charge in [-0.2, -0.15) is 5.10 Å². The van der Waals surface area contributed by atoms with Crippen molar-refractivity contribution in [1.82, 2.24) is 15.1 Å². The highest BCUT2D eigenvalue weighted by molar-refractivity contribution is 6.31. The number of rotatable bonds is 8. The zero-order chi connectivity index (χ0) is 25.7. The van der Waals surface area contributed by atoms with E-state index in [-0.39, 0.29) is 18.0 Å². The van der Waals surface area contributed by atoms with Gasteiger partial charge in [-0.15, -0.1) is 0 Å². The average Bonchev–Trinajstić information content (AvgIpc) is 3.34. The van der Waals surface area contributed by atoms with Crippen molar-refractivity contribution in [3.8, 4) is 5.69 Å². The van der Waals surface area contributed by atoms with Gasteiger partial charge in [0, 0.05) is 23.7 Å². The van der Waals surface area contributed by atoms with E-state index in [4.69, 9.17) is 11.6 Å². The lowest BCUT2D eigenvalue weighted by molar-refractivity contribution is -0.137. The Morgan fingerprint density at radius 1 is 0.972 bits per heavy atom. The Labute approximate surface area is 212 Å². The van der Waals surface area contributed by atoms with Gasteiger partial charge in [-0.1, -0.05) is 66.2 Å². The normalized spacial score (nSPS) is 11.5. The van der Waals surface area contributed by atoms with Gasteiger partial charge < -0.3 is 10.4 Å². The monoisotopic (exact) mass is 502 g/mol. The van der Waals surface area contributed by atoms with E-state index in [2.05, 4.69) is 10.4 Å². The van der Waals surface area contributed by atoms with Gasteiger partial charge >= 0.3 is 5.97 Å². The van der Waals surface area contributed by atoms with Crippen molar-refractivity contribution in [3.63, 3.8) is 0 Å². The number of hydrogen-bond acceptors (Lipinski definition) is 4. The largest absolute Gasteiger partial charge is 0.481 e. The number of hydrogen-bond donors (Lipinski definition) is 2. The summed E-state index contributed by atoms with van der Waals surface area (Å²) in [6.07, 6.45) is -0.367. The number of nitrogens with one attached hydrogen (secondary N) is 1. The topological polar surface area (TPSA) is 105 Å². The zero-order valence-electron chi connectivity index (χ0n) is 19.3. The molecule has 1 heterocycles. The highest BCUT2D eigenvalue weighted by Gasteiger charge is 2.25. The van der Waals surface area contributed by atoms with Crippen LogP contribution in [-0.2, 0) is 4.79 Å². The Bertz CT molecular complexity index is 1390. The summed E-state index contributed by atoms with van der Waals surface area (Å²) in [6, 6.07) is 25.2. The van der Waals surface area contributed by atoms with Crippen LogP contribution in [0.3, 0.4) is 0 Å². The number of aromatic nitrogens is 2. The van der Waals surface area contributed by atoms with Crippen LogP contribution in [0.5, 0.6) is 0 Å². The van der Waals surface area contributed by atoms with Crippen molar-refractivity contribution >= 4 is 35.2 Å². The molecule has 0 saturated heterocycles. The first-order valence-electron chi connectivity index (χ1n) is 11.1. The number of carboxylic acids is 1. The molecule has 2 N–H and O–H groups in total. The number of aliphatic carboxylic acids is 1. The summed E-state index contributed by atoms with van der Waals surface area (Å²) in [4.78, 5) is 39.3. The number of anilines is 1. The maximum absolute atomic E-state index is 13.3. The van der Waals surface area contributed by atoms with E-state index in [0.717, 1.165) is 0 Å². The second-order valence-electron chi connectivity index (χ2n) is 8.01. The summed E-state index contributed by atoms with van der Waals surface area (Å²) in [5.41, 5.74) is 1.62. The number of para-hydroxylation sites is 1.